The zero-order valence-electron chi connectivity index (χ0n) is 12.3. The van der Waals surface area contributed by atoms with Gasteiger partial charge in [-0.1, -0.05) is 24.3 Å². The zero-order valence-corrected chi connectivity index (χ0v) is 13.3. The van der Waals surface area contributed by atoms with Crippen LogP contribution in [-0.4, -0.2) is 31.5 Å². The first-order valence-electron chi connectivity index (χ1n) is 6.55. The fourth-order valence-electron chi connectivity index (χ4n) is 2.26. The third-order valence-corrected chi connectivity index (χ3v) is 4.70. The second kappa shape index (κ2) is 7.81. The minimum atomic E-state index is 0. The molecular weight excluding hydrogens is 274 g/mol. The molecule has 1 atom stereocenters. The zero-order chi connectivity index (χ0) is 14.7. The molecule has 2 aromatic carbocycles. The summed E-state index contributed by atoms with van der Waals surface area (Å²) in [6, 6.07) is 11.8. The molecule has 0 bridgehead atoms. The molecule has 0 amide bonds. The van der Waals surface area contributed by atoms with E-state index in [1.807, 2.05) is 57.2 Å². The van der Waals surface area contributed by atoms with Gasteiger partial charge in [0.15, 0.2) is 5.52 Å². The van der Waals surface area contributed by atoms with Gasteiger partial charge in [0.05, 0.1) is 7.11 Å². The SMILES string of the molecule is COc1ccc(PC(=O)c2c(C)cccc2C)c(C)c1.[LiH]. The Hall–Kier alpha value is -1.06. The molecule has 1 unspecified atom stereocenters. The summed E-state index contributed by atoms with van der Waals surface area (Å²) in [7, 11) is 1.80. The van der Waals surface area contributed by atoms with E-state index >= 15 is 0 Å². The van der Waals surface area contributed by atoms with Crippen LogP contribution in [0.3, 0.4) is 0 Å². The first-order valence-corrected chi connectivity index (χ1v) is 7.55. The van der Waals surface area contributed by atoms with Crippen LogP contribution in [-0.2, 0) is 0 Å². The summed E-state index contributed by atoms with van der Waals surface area (Å²) in [6.07, 6.45) is 0. The predicted octanol–water partition coefficient (Wildman–Crippen LogP) is 3.12. The first kappa shape index (κ1) is 18.0. The standard InChI is InChI=1S/C17H19O2P.Li.H/c1-11-6-5-7-12(2)16(11)17(18)20-15-9-8-14(19-4)10-13(15)3;;/h5-10,20H,1-4H3;;. The number of aryl methyl sites for hydroxylation is 3. The Morgan fingerprint density at radius 2 is 1.62 bits per heavy atom. The molecule has 0 spiro atoms. The third-order valence-electron chi connectivity index (χ3n) is 3.39. The van der Waals surface area contributed by atoms with Gasteiger partial charge in [-0.3, -0.25) is 4.79 Å². The number of benzene rings is 2. The van der Waals surface area contributed by atoms with Gasteiger partial charge in [0.2, 0.25) is 0 Å². The van der Waals surface area contributed by atoms with E-state index in [-0.39, 0.29) is 33.0 Å². The van der Waals surface area contributed by atoms with Crippen molar-refractivity contribution in [3.63, 3.8) is 0 Å². The van der Waals surface area contributed by atoms with Crippen molar-refractivity contribution in [2.45, 2.75) is 20.8 Å². The van der Waals surface area contributed by atoms with Crippen LogP contribution < -0.4 is 10.0 Å². The molecule has 0 aromatic heterocycles. The van der Waals surface area contributed by atoms with Crippen LogP contribution in [0.2, 0.25) is 0 Å². The monoisotopic (exact) mass is 294 g/mol. The van der Waals surface area contributed by atoms with Crippen molar-refractivity contribution >= 4 is 38.3 Å². The van der Waals surface area contributed by atoms with Crippen LogP contribution >= 0.6 is 8.58 Å². The maximum atomic E-state index is 12.5. The van der Waals surface area contributed by atoms with Gasteiger partial charge in [-0.2, -0.15) is 0 Å². The van der Waals surface area contributed by atoms with Crippen LogP contribution in [0.25, 0.3) is 0 Å². The molecule has 106 valence electrons. The van der Waals surface area contributed by atoms with E-state index in [2.05, 4.69) is 0 Å². The van der Waals surface area contributed by atoms with Gasteiger partial charge >= 0.3 is 18.9 Å². The van der Waals surface area contributed by atoms with Crippen LogP contribution in [0.15, 0.2) is 36.4 Å². The summed E-state index contributed by atoms with van der Waals surface area (Å²) in [6.45, 7) is 6.00. The van der Waals surface area contributed by atoms with Crippen LogP contribution in [0, 0.1) is 20.8 Å². The summed E-state index contributed by atoms with van der Waals surface area (Å²) in [5.74, 6) is 0.829. The Labute approximate surface area is 140 Å². The molecule has 0 radical (unpaired) electrons. The van der Waals surface area contributed by atoms with Crippen molar-refractivity contribution in [2.24, 2.45) is 0 Å². The first-order chi connectivity index (χ1) is 9.52. The molecule has 2 aromatic rings. The second-order valence-electron chi connectivity index (χ2n) is 4.90. The van der Waals surface area contributed by atoms with Crippen molar-refractivity contribution in [1.82, 2.24) is 0 Å². The quantitative estimate of drug-likeness (QED) is 0.640. The van der Waals surface area contributed by atoms with Crippen LogP contribution in [0.4, 0.5) is 0 Å². The Bertz CT molecular complexity index is 633. The molecule has 21 heavy (non-hydrogen) atoms. The van der Waals surface area contributed by atoms with Gasteiger partial charge in [-0.15, -0.1) is 0 Å². The summed E-state index contributed by atoms with van der Waals surface area (Å²) in [5, 5.41) is 1.08. The molecule has 0 aliphatic heterocycles. The summed E-state index contributed by atoms with van der Waals surface area (Å²) < 4.78 is 5.20. The summed E-state index contributed by atoms with van der Waals surface area (Å²) in [5.41, 5.74) is 4.26. The van der Waals surface area contributed by atoms with Gasteiger partial charge in [0, 0.05) is 5.56 Å². The Morgan fingerprint density at radius 1 is 1.00 bits per heavy atom. The number of carbonyl (C=O) groups excluding carboxylic acids is 1. The Balaban J connectivity index is 0.00000220. The predicted molar refractivity (Wildman–Crippen MR) is 93.1 cm³/mol. The van der Waals surface area contributed by atoms with Crippen molar-refractivity contribution in [2.75, 3.05) is 7.11 Å². The molecule has 0 saturated carbocycles. The average Bonchev–Trinajstić information content (AvgIpc) is 2.41. The number of hydrogen-bond donors (Lipinski definition) is 0. The average molecular weight is 294 g/mol. The number of rotatable bonds is 4. The van der Waals surface area contributed by atoms with E-state index in [1.165, 1.54) is 0 Å². The molecule has 2 nitrogen and oxygen atoms in total. The minimum absolute atomic E-state index is 0. The van der Waals surface area contributed by atoms with Crippen molar-refractivity contribution in [1.29, 1.82) is 0 Å². The second-order valence-corrected chi connectivity index (χ2v) is 6.14. The van der Waals surface area contributed by atoms with Gasteiger partial charge in [-0.25, -0.2) is 0 Å². The number of hydrogen-bond acceptors (Lipinski definition) is 2. The van der Waals surface area contributed by atoms with Crippen molar-refractivity contribution in [3.05, 3.63) is 58.7 Å². The van der Waals surface area contributed by atoms with Gasteiger partial charge in [0.1, 0.15) is 5.75 Å². The molecule has 0 heterocycles. The van der Waals surface area contributed by atoms with E-state index in [9.17, 15) is 4.79 Å². The topological polar surface area (TPSA) is 26.3 Å². The van der Waals surface area contributed by atoms with Crippen LogP contribution in [0.1, 0.15) is 27.0 Å². The summed E-state index contributed by atoms with van der Waals surface area (Å²) >= 11 is 0. The third kappa shape index (κ3) is 4.21. The molecule has 4 heteroatoms. The van der Waals surface area contributed by atoms with E-state index in [0.29, 0.717) is 0 Å². The fourth-order valence-corrected chi connectivity index (χ4v) is 3.46. The maximum absolute atomic E-state index is 12.5. The normalized spacial score (nSPS) is 10.5. The fraction of sp³-hybridized carbons (Fsp3) is 0.235. The molecule has 0 N–H and O–H groups in total. The molecule has 0 saturated heterocycles. The molecule has 0 aliphatic carbocycles. The molecular formula is C17H20LiO2P. The van der Waals surface area contributed by atoms with E-state index < -0.39 is 0 Å². The molecule has 0 aliphatic rings. The van der Waals surface area contributed by atoms with Gasteiger partial charge < -0.3 is 4.74 Å². The van der Waals surface area contributed by atoms with E-state index in [1.54, 1.807) is 7.11 Å². The van der Waals surface area contributed by atoms with Gasteiger partial charge in [-0.05, 0) is 63.5 Å². The van der Waals surface area contributed by atoms with Crippen molar-refractivity contribution in [3.8, 4) is 5.75 Å². The van der Waals surface area contributed by atoms with Crippen LogP contribution in [0.5, 0.6) is 5.75 Å². The van der Waals surface area contributed by atoms with Gasteiger partial charge in [0.25, 0.3) is 0 Å². The molecule has 2 rings (SSSR count). The number of methoxy groups -OCH3 is 1. The number of ether oxygens (including phenoxy) is 1. The Morgan fingerprint density at radius 3 is 2.14 bits per heavy atom. The Kier molecular flexibility index (Phi) is 6.69. The summed E-state index contributed by atoms with van der Waals surface area (Å²) in [4.78, 5) is 12.5. The van der Waals surface area contributed by atoms with Crippen molar-refractivity contribution < 1.29 is 9.53 Å². The van der Waals surface area contributed by atoms with E-state index in [4.69, 9.17) is 4.74 Å². The number of carbonyl (C=O) groups is 1. The van der Waals surface area contributed by atoms with E-state index in [0.717, 1.165) is 33.3 Å². The molecule has 0 fully saturated rings.